The molecule has 0 spiro atoms. The highest BCUT2D eigenvalue weighted by molar-refractivity contribution is 5.91. The molecule has 0 saturated heterocycles. The van der Waals surface area contributed by atoms with Gasteiger partial charge in [0.15, 0.2) is 0 Å². The Morgan fingerprint density at radius 2 is 1.77 bits per heavy atom. The number of aryl methyl sites for hydroxylation is 1. The molecule has 0 unspecified atom stereocenters. The van der Waals surface area contributed by atoms with Crippen molar-refractivity contribution in [3.05, 3.63) is 70.1 Å². The van der Waals surface area contributed by atoms with Crippen molar-refractivity contribution in [1.29, 1.82) is 0 Å². The zero-order valence-electron chi connectivity index (χ0n) is 18.5. The van der Waals surface area contributed by atoms with Crippen LogP contribution in [0.25, 0.3) is 5.65 Å². The van der Waals surface area contributed by atoms with Gasteiger partial charge in [0, 0.05) is 24.0 Å². The summed E-state index contributed by atoms with van der Waals surface area (Å²) in [4.78, 5) is 32.2. The second-order valence-electron chi connectivity index (χ2n) is 7.87. The van der Waals surface area contributed by atoms with Gasteiger partial charge in [-0.2, -0.15) is 5.10 Å². The first-order valence-corrected chi connectivity index (χ1v) is 10.2. The Bertz CT molecular complexity index is 1140. The van der Waals surface area contributed by atoms with E-state index in [0.29, 0.717) is 22.7 Å². The van der Waals surface area contributed by atoms with Crippen LogP contribution in [0.1, 0.15) is 38.8 Å². The first-order valence-electron chi connectivity index (χ1n) is 10.2. The number of hydrogen-bond acceptors (Lipinski definition) is 5. The minimum absolute atomic E-state index is 0.112. The van der Waals surface area contributed by atoms with Gasteiger partial charge in [0.05, 0.1) is 6.21 Å². The smallest absolute Gasteiger partial charge is 0.339 e. The van der Waals surface area contributed by atoms with Gasteiger partial charge in [-0.25, -0.2) is 15.2 Å². The van der Waals surface area contributed by atoms with Crippen LogP contribution in [-0.2, 0) is 0 Å². The van der Waals surface area contributed by atoms with E-state index in [-0.39, 0.29) is 17.6 Å². The number of urea groups is 1. The molecule has 0 fully saturated rings. The number of aromatic nitrogens is 2. The lowest BCUT2D eigenvalue weighted by Gasteiger charge is -2.32. The number of nitrogens with zero attached hydrogens (tertiary/aromatic N) is 4. The van der Waals surface area contributed by atoms with E-state index in [2.05, 4.69) is 20.7 Å². The molecule has 0 aliphatic carbocycles. The number of pyridine rings is 1. The lowest BCUT2D eigenvalue weighted by molar-refractivity contribution is 0.252. The Morgan fingerprint density at radius 1 is 1.10 bits per heavy atom. The van der Waals surface area contributed by atoms with Crippen LogP contribution in [0.5, 0.6) is 0 Å². The Labute approximate surface area is 181 Å². The molecule has 2 heterocycles. The van der Waals surface area contributed by atoms with Crippen LogP contribution in [0.3, 0.4) is 0 Å². The molecule has 0 aliphatic rings. The highest BCUT2D eigenvalue weighted by Crippen LogP contribution is 2.21. The molecule has 31 heavy (non-hydrogen) atoms. The number of fused-ring (bicyclic) bond motifs is 1. The van der Waals surface area contributed by atoms with Crippen LogP contribution in [0, 0.1) is 6.92 Å². The largest absolute Gasteiger partial charge is 0.351 e. The van der Waals surface area contributed by atoms with E-state index in [9.17, 15) is 9.59 Å². The Balaban J connectivity index is 1.99. The van der Waals surface area contributed by atoms with Gasteiger partial charge in [-0.1, -0.05) is 24.3 Å². The maximum absolute atomic E-state index is 13.3. The van der Waals surface area contributed by atoms with Crippen LogP contribution in [0.15, 0.2) is 58.6 Å². The van der Waals surface area contributed by atoms with Crippen LogP contribution in [0.4, 0.5) is 16.3 Å². The van der Waals surface area contributed by atoms with Crippen LogP contribution in [0.2, 0.25) is 0 Å². The van der Waals surface area contributed by atoms with Crippen molar-refractivity contribution < 1.29 is 4.79 Å². The highest BCUT2D eigenvalue weighted by atomic mass is 16.2. The summed E-state index contributed by atoms with van der Waals surface area (Å²) in [6.07, 6.45) is 3.11. The van der Waals surface area contributed by atoms with Crippen molar-refractivity contribution in [2.24, 2.45) is 5.10 Å². The van der Waals surface area contributed by atoms with Crippen molar-refractivity contribution in [2.75, 3.05) is 10.2 Å². The molecule has 1 aromatic carbocycles. The van der Waals surface area contributed by atoms with E-state index in [4.69, 9.17) is 4.98 Å². The number of nitrogens with one attached hydrogen (secondary N) is 2. The van der Waals surface area contributed by atoms with Gasteiger partial charge in [0.2, 0.25) is 0 Å². The summed E-state index contributed by atoms with van der Waals surface area (Å²) in [5.74, 6) is 0.535. The SMILES string of the molecule is Cc1ccc2nc(N(C(C)C)C(C)C)c(C=NNC(=O)Nc3ccccc3)c(=O)n2c1. The normalized spacial score (nSPS) is 11.5. The van der Waals surface area contributed by atoms with E-state index in [1.165, 1.54) is 10.6 Å². The molecule has 2 amide bonds. The fourth-order valence-corrected chi connectivity index (χ4v) is 3.48. The summed E-state index contributed by atoms with van der Waals surface area (Å²) in [6, 6.07) is 12.5. The van der Waals surface area contributed by atoms with Gasteiger partial charge in [-0.05, 0) is 58.4 Å². The molecule has 0 bridgehead atoms. The third-order valence-electron chi connectivity index (χ3n) is 4.73. The van der Waals surface area contributed by atoms with E-state index in [1.807, 2.05) is 65.0 Å². The molecule has 3 aromatic rings. The first kappa shape index (κ1) is 22.0. The average Bonchev–Trinajstić information content (AvgIpc) is 2.71. The molecule has 0 aliphatic heterocycles. The molecule has 0 saturated carbocycles. The van der Waals surface area contributed by atoms with Gasteiger partial charge in [0.1, 0.15) is 17.0 Å². The summed E-state index contributed by atoms with van der Waals surface area (Å²) >= 11 is 0. The number of benzene rings is 1. The topological polar surface area (TPSA) is 91.1 Å². The summed E-state index contributed by atoms with van der Waals surface area (Å²) in [5, 5.41) is 6.70. The predicted molar refractivity (Wildman–Crippen MR) is 125 cm³/mol. The minimum Gasteiger partial charge on any atom is -0.351 e. The molecule has 3 rings (SSSR count). The van der Waals surface area contributed by atoms with Crippen LogP contribution < -0.4 is 21.2 Å². The van der Waals surface area contributed by atoms with E-state index in [1.54, 1.807) is 18.3 Å². The summed E-state index contributed by atoms with van der Waals surface area (Å²) in [5.41, 5.74) is 4.62. The molecule has 8 heteroatoms. The number of para-hydroxylation sites is 1. The number of amides is 2. The fourth-order valence-electron chi connectivity index (χ4n) is 3.48. The third kappa shape index (κ3) is 5.09. The molecule has 0 radical (unpaired) electrons. The van der Waals surface area contributed by atoms with Crippen molar-refractivity contribution in [1.82, 2.24) is 14.8 Å². The van der Waals surface area contributed by atoms with Crippen molar-refractivity contribution in [2.45, 2.75) is 46.7 Å². The zero-order valence-corrected chi connectivity index (χ0v) is 18.5. The van der Waals surface area contributed by atoms with Crippen LogP contribution in [-0.4, -0.2) is 33.7 Å². The molecule has 2 N–H and O–H groups in total. The van der Waals surface area contributed by atoms with Crippen LogP contribution >= 0.6 is 0 Å². The molecule has 162 valence electrons. The van der Waals surface area contributed by atoms with E-state index in [0.717, 1.165) is 5.56 Å². The number of hydrazone groups is 1. The van der Waals surface area contributed by atoms with Gasteiger partial charge in [-0.3, -0.25) is 9.20 Å². The fraction of sp³-hybridized carbons (Fsp3) is 0.304. The Kier molecular flexibility index (Phi) is 6.69. The van der Waals surface area contributed by atoms with Crippen molar-refractivity contribution in [3.8, 4) is 0 Å². The van der Waals surface area contributed by atoms with E-state index >= 15 is 0 Å². The number of hydrogen-bond donors (Lipinski definition) is 2. The van der Waals surface area contributed by atoms with E-state index < -0.39 is 6.03 Å². The summed E-state index contributed by atoms with van der Waals surface area (Å²) < 4.78 is 1.50. The minimum atomic E-state index is -0.502. The predicted octanol–water partition coefficient (Wildman–Crippen LogP) is 3.78. The molecular weight excluding hydrogens is 392 g/mol. The maximum Gasteiger partial charge on any atom is 0.339 e. The summed E-state index contributed by atoms with van der Waals surface area (Å²) in [7, 11) is 0. The molecule has 8 nitrogen and oxygen atoms in total. The molecule has 0 atom stereocenters. The number of carbonyl (C=O) groups excluding carboxylic acids is 1. The number of carbonyl (C=O) groups is 1. The van der Waals surface area contributed by atoms with Gasteiger partial charge in [0.25, 0.3) is 5.56 Å². The number of anilines is 2. The second-order valence-corrected chi connectivity index (χ2v) is 7.87. The molecular formula is C23H28N6O2. The number of rotatable bonds is 6. The molecule has 2 aromatic heterocycles. The van der Waals surface area contributed by atoms with Gasteiger partial charge < -0.3 is 10.2 Å². The van der Waals surface area contributed by atoms with Crippen molar-refractivity contribution >= 4 is 29.4 Å². The Hall–Kier alpha value is -3.68. The Morgan fingerprint density at radius 3 is 2.42 bits per heavy atom. The monoisotopic (exact) mass is 420 g/mol. The second kappa shape index (κ2) is 9.42. The highest BCUT2D eigenvalue weighted by Gasteiger charge is 2.22. The van der Waals surface area contributed by atoms with Gasteiger partial charge in [-0.15, -0.1) is 0 Å². The maximum atomic E-state index is 13.3. The zero-order chi connectivity index (χ0) is 22.5. The third-order valence-corrected chi connectivity index (χ3v) is 4.73. The van der Waals surface area contributed by atoms with Gasteiger partial charge >= 0.3 is 6.03 Å². The average molecular weight is 421 g/mol. The standard InChI is InChI=1S/C23H28N6O2/c1-15(2)29(16(3)4)21-19(22(30)28-14-17(5)11-12-20(28)26-21)13-24-27-23(31)25-18-9-7-6-8-10-18/h6-16H,1-5H3,(H2,25,27,31). The summed E-state index contributed by atoms with van der Waals surface area (Å²) in [6.45, 7) is 10.1. The lowest BCUT2D eigenvalue weighted by Crippen LogP contribution is -2.40. The van der Waals surface area contributed by atoms with Crippen molar-refractivity contribution in [3.63, 3.8) is 0 Å². The lowest BCUT2D eigenvalue weighted by atomic mass is 10.2. The quantitative estimate of drug-likeness (QED) is 0.469. The first-order chi connectivity index (χ1) is 14.8.